The van der Waals surface area contributed by atoms with E-state index >= 15 is 0 Å². The third-order valence-corrected chi connectivity index (χ3v) is 10.1. The Bertz CT molecular complexity index is 843. The predicted molar refractivity (Wildman–Crippen MR) is 174 cm³/mol. The summed E-state index contributed by atoms with van der Waals surface area (Å²) >= 11 is 0. The van der Waals surface area contributed by atoms with Crippen LogP contribution in [0.2, 0.25) is 0 Å². The molecule has 0 nitrogen and oxygen atoms in total. The van der Waals surface area contributed by atoms with Crippen LogP contribution >= 0.6 is 0 Å². The minimum absolute atomic E-state index is 0. The van der Waals surface area contributed by atoms with Crippen LogP contribution in [0.3, 0.4) is 0 Å². The molecule has 8 aliphatic carbocycles. The second-order valence-corrected chi connectivity index (χ2v) is 12.7. The summed E-state index contributed by atoms with van der Waals surface area (Å²) in [6.07, 6.45) is 57.7. The molecular weight excluding hydrogens is 734 g/mol. The Morgan fingerprint density at radius 1 is 0.341 bits per heavy atom. The topological polar surface area (TPSA) is 0 Å². The molecule has 236 valence electrons. The molecule has 4 heteroatoms. The summed E-state index contributed by atoms with van der Waals surface area (Å²) in [5, 5.41) is 0. The molecule has 0 N–H and O–H groups in total. The van der Waals surface area contributed by atoms with Crippen LogP contribution in [0.15, 0.2) is 97.2 Å². The zero-order valence-electron chi connectivity index (χ0n) is 26.6. The molecule has 0 saturated heterocycles. The number of allylic oxidation sites excluding steroid dienone is 16. The van der Waals surface area contributed by atoms with Gasteiger partial charge in [-0.15, -0.1) is 48.6 Å². The molecule has 0 aromatic rings. The Kier molecular flexibility index (Phi) is 22.8. The van der Waals surface area contributed by atoms with Crippen molar-refractivity contribution in [2.75, 3.05) is 0 Å². The van der Waals surface area contributed by atoms with Crippen LogP contribution in [0, 0.1) is 47.3 Å². The van der Waals surface area contributed by atoms with Gasteiger partial charge in [0, 0.05) is 0 Å². The van der Waals surface area contributed by atoms with E-state index in [1.54, 1.807) is 23.7 Å². The van der Waals surface area contributed by atoms with Gasteiger partial charge in [-0.1, -0.05) is 101 Å². The van der Waals surface area contributed by atoms with E-state index in [2.05, 4.69) is 97.2 Å². The van der Waals surface area contributed by atoms with Crippen LogP contribution in [0.5, 0.6) is 0 Å². The van der Waals surface area contributed by atoms with Gasteiger partial charge in [-0.3, -0.25) is 0 Å². The van der Waals surface area contributed by atoms with E-state index in [-0.39, 0.29) is 77.2 Å². The normalized spacial score (nSPS) is 27.6. The van der Waals surface area contributed by atoms with E-state index in [1.807, 2.05) is 0 Å². The average Bonchev–Trinajstić information content (AvgIpc) is 3.71. The molecule has 8 aliphatic rings. The summed E-state index contributed by atoms with van der Waals surface area (Å²) in [6, 6.07) is 0. The van der Waals surface area contributed by atoms with Gasteiger partial charge in [-0.05, 0) is 25.7 Å². The molecule has 0 amide bonds. The van der Waals surface area contributed by atoms with Crippen molar-refractivity contribution in [2.24, 2.45) is 23.7 Å². The first-order valence-electron chi connectivity index (χ1n) is 16.6. The van der Waals surface area contributed by atoms with E-state index in [9.17, 15) is 0 Å². The van der Waals surface area contributed by atoms with Gasteiger partial charge >= 0.3 is 52.4 Å². The minimum Gasteiger partial charge on any atom is -1.00 e. The minimum atomic E-state index is 0. The van der Waals surface area contributed by atoms with Gasteiger partial charge in [0.15, 0.2) is 0 Å². The van der Waals surface area contributed by atoms with Crippen molar-refractivity contribution in [3.63, 3.8) is 0 Å². The first-order valence-corrected chi connectivity index (χ1v) is 16.6. The van der Waals surface area contributed by atoms with Crippen molar-refractivity contribution < 1.29 is 77.2 Å². The monoisotopic (exact) mass is 782 g/mol. The van der Waals surface area contributed by atoms with Crippen molar-refractivity contribution >= 4 is 0 Å². The SMILES string of the molecule is C1=CCC2CCC[C-]2C=C1.C1=CCC2CCC[C-]2C=C1.C1=CCC2CCC[C-]2C=C1.C1=CCC2CCC[C-]2C=C1.[Cl-].[Cl-].[Zr+2].[Zr+2]. The molecule has 44 heavy (non-hydrogen) atoms. The molecule has 4 atom stereocenters. The van der Waals surface area contributed by atoms with Crippen molar-refractivity contribution in [3.8, 4) is 0 Å². The van der Waals surface area contributed by atoms with Gasteiger partial charge in [-0.2, -0.15) is 0 Å². The number of fused-ring (bicyclic) bond motifs is 4. The van der Waals surface area contributed by atoms with Crippen molar-refractivity contribution in [2.45, 2.75) is 103 Å². The molecule has 0 bridgehead atoms. The summed E-state index contributed by atoms with van der Waals surface area (Å²) in [4.78, 5) is 0. The smallest absolute Gasteiger partial charge is 1.00 e. The third-order valence-electron chi connectivity index (χ3n) is 10.1. The third kappa shape index (κ3) is 13.5. The fraction of sp³-hybridized carbons (Fsp3) is 0.500. The summed E-state index contributed by atoms with van der Waals surface area (Å²) in [7, 11) is 0. The van der Waals surface area contributed by atoms with E-state index in [4.69, 9.17) is 0 Å². The standard InChI is InChI=1S/4C10H13.2ClH.2Zr/c4*1-2-5-9-7-4-8-10(9)6-3-1;;;;/h4*1-3,5,10H,4,6-8H2;2*1H;;/q4*-1;;;2*+2/p-2. The van der Waals surface area contributed by atoms with Crippen molar-refractivity contribution in [1.82, 2.24) is 0 Å². The summed E-state index contributed by atoms with van der Waals surface area (Å²) < 4.78 is 0. The Morgan fingerprint density at radius 3 is 0.795 bits per heavy atom. The first-order chi connectivity index (χ1) is 19.9. The van der Waals surface area contributed by atoms with E-state index < -0.39 is 0 Å². The number of rotatable bonds is 0. The zero-order valence-corrected chi connectivity index (χ0v) is 33.0. The molecule has 0 radical (unpaired) electrons. The van der Waals surface area contributed by atoms with Crippen LogP contribution in [0.4, 0.5) is 0 Å². The van der Waals surface area contributed by atoms with Crippen molar-refractivity contribution in [1.29, 1.82) is 0 Å². The maximum atomic E-state index is 2.31. The van der Waals surface area contributed by atoms with Crippen molar-refractivity contribution in [3.05, 3.63) is 121 Å². The second kappa shape index (κ2) is 24.0. The summed E-state index contributed by atoms with van der Waals surface area (Å²) in [6.45, 7) is 0. The molecule has 0 aromatic heterocycles. The molecule has 0 aromatic carbocycles. The van der Waals surface area contributed by atoms with E-state index in [0.717, 1.165) is 23.7 Å². The second-order valence-electron chi connectivity index (χ2n) is 12.7. The van der Waals surface area contributed by atoms with Gasteiger partial charge in [-0.25, -0.2) is 72.3 Å². The van der Waals surface area contributed by atoms with E-state index in [1.165, 1.54) is 103 Å². The molecule has 0 spiro atoms. The van der Waals surface area contributed by atoms with Crippen LogP contribution in [0.1, 0.15) is 103 Å². The van der Waals surface area contributed by atoms with Crippen LogP contribution in [-0.4, -0.2) is 0 Å². The average molecular weight is 786 g/mol. The Morgan fingerprint density at radius 2 is 0.568 bits per heavy atom. The Balaban J connectivity index is 0.000000285. The van der Waals surface area contributed by atoms with Gasteiger partial charge in [0.2, 0.25) is 0 Å². The number of hydrogen-bond acceptors (Lipinski definition) is 0. The zero-order chi connectivity index (χ0) is 27.2. The quantitative estimate of drug-likeness (QED) is 0.285. The summed E-state index contributed by atoms with van der Waals surface area (Å²) in [5.41, 5.74) is 0. The summed E-state index contributed by atoms with van der Waals surface area (Å²) in [5.74, 6) is 10.3. The van der Waals surface area contributed by atoms with Gasteiger partial charge in [0.05, 0.1) is 0 Å². The maximum Gasteiger partial charge on any atom is 2.00 e. The number of halogens is 2. The molecule has 4 unspecified atom stereocenters. The molecule has 4 saturated carbocycles. The Hall–Kier alpha value is -0.254. The van der Waals surface area contributed by atoms with Gasteiger partial charge in [0.1, 0.15) is 0 Å². The maximum absolute atomic E-state index is 2.31. The largest absolute Gasteiger partial charge is 2.00 e. The number of hydrogen-bond donors (Lipinski definition) is 0. The molecular formula is C40H52Cl2Zr2-2. The molecule has 8 rings (SSSR count). The molecule has 0 heterocycles. The van der Waals surface area contributed by atoms with Crippen LogP contribution < -0.4 is 24.8 Å². The van der Waals surface area contributed by atoms with Gasteiger partial charge in [0.25, 0.3) is 0 Å². The molecule has 0 aliphatic heterocycles. The van der Waals surface area contributed by atoms with Crippen LogP contribution in [-0.2, 0) is 52.4 Å². The molecule has 4 fully saturated rings. The fourth-order valence-electron chi connectivity index (χ4n) is 7.73. The fourth-order valence-corrected chi connectivity index (χ4v) is 7.73. The van der Waals surface area contributed by atoms with Gasteiger partial charge < -0.3 is 24.8 Å². The predicted octanol–water partition coefficient (Wildman–Crippen LogP) is 5.51. The van der Waals surface area contributed by atoms with E-state index in [0.29, 0.717) is 0 Å². The van der Waals surface area contributed by atoms with Crippen LogP contribution in [0.25, 0.3) is 0 Å². The first kappa shape index (κ1) is 41.8. The Labute approximate surface area is 321 Å².